The third-order valence-electron chi connectivity index (χ3n) is 10.0. The van der Waals surface area contributed by atoms with Crippen molar-refractivity contribution in [2.45, 2.75) is 62.0 Å². The highest BCUT2D eigenvalue weighted by molar-refractivity contribution is 7.91. The molecule has 0 unspecified atom stereocenters. The second kappa shape index (κ2) is 13.0. The third-order valence-corrected chi connectivity index (χ3v) is 11.8. The van der Waals surface area contributed by atoms with E-state index in [0.29, 0.717) is 24.3 Å². The van der Waals surface area contributed by atoms with Gasteiger partial charge in [-0.15, -0.1) is 6.58 Å². The Morgan fingerprint density at radius 2 is 1.72 bits per heavy atom. The number of nitrogens with one attached hydrogen (secondary N) is 3. The quantitative estimate of drug-likeness (QED) is 0.257. The molecule has 3 fully saturated rings. The van der Waals surface area contributed by atoms with E-state index in [4.69, 9.17) is 14.3 Å². The Kier molecular flexibility index (Phi) is 8.75. The molecule has 2 aromatic carbocycles. The molecule has 7 rings (SSSR count). The molecule has 3 amide bonds. The first-order valence-electron chi connectivity index (χ1n) is 16.7. The topological polar surface area (TPSA) is 179 Å². The molecule has 4 bridgehead atoms. The standard InChI is InChI=1S/C36H38N4O9S/c1-3-21-19-36(21,35(44)40-50(45,46)24-11-12-24)38-33(42)30-18-23-17-29(30)32(41)37-20(2)34(43)48-15-7-6-14-47-22-10-13-26-25-8-4-5-9-27(25)31(39-49-23)28(26)16-22/h3-10,13,16,20-21,23-24,29-30H,1,11-12,14-15,17-19H2,2H3,(H,37,41)(H,38,42)(H,40,44)/b7-6+,39-31+/t20-,21-,23+,29-,30-,36-/m1/s1. The summed E-state index contributed by atoms with van der Waals surface area (Å²) in [6.45, 7) is 5.44. The van der Waals surface area contributed by atoms with Crippen LogP contribution < -0.4 is 20.1 Å². The zero-order chi connectivity index (χ0) is 35.2. The van der Waals surface area contributed by atoms with Gasteiger partial charge in [0.2, 0.25) is 21.8 Å². The lowest BCUT2D eigenvalue weighted by Gasteiger charge is -2.24. The van der Waals surface area contributed by atoms with Crippen LogP contribution in [0.25, 0.3) is 11.1 Å². The fourth-order valence-electron chi connectivity index (χ4n) is 6.94. The Morgan fingerprint density at radius 3 is 2.44 bits per heavy atom. The molecule has 262 valence electrons. The molecular weight excluding hydrogens is 664 g/mol. The van der Waals surface area contributed by atoms with Crippen LogP contribution in [0.4, 0.5) is 0 Å². The van der Waals surface area contributed by atoms with Crippen LogP contribution in [0.5, 0.6) is 5.75 Å². The van der Waals surface area contributed by atoms with Crippen molar-refractivity contribution in [3.8, 4) is 16.9 Å². The Labute approximate surface area is 289 Å². The molecule has 6 atom stereocenters. The van der Waals surface area contributed by atoms with Crippen LogP contribution in [0.2, 0.25) is 0 Å². The van der Waals surface area contributed by atoms with Gasteiger partial charge in [0.1, 0.15) is 42.4 Å². The van der Waals surface area contributed by atoms with Crippen molar-refractivity contribution < 1.29 is 41.9 Å². The molecule has 0 saturated heterocycles. The van der Waals surface area contributed by atoms with Gasteiger partial charge in [-0.1, -0.05) is 35.5 Å². The highest BCUT2D eigenvalue weighted by atomic mass is 32.2. The molecule has 0 radical (unpaired) electrons. The number of hydrogen-bond donors (Lipinski definition) is 3. The summed E-state index contributed by atoms with van der Waals surface area (Å²) < 4.78 is 38.6. The van der Waals surface area contributed by atoms with E-state index in [0.717, 1.165) is 22.3 Å². The van der Waals surface area contributed by atoms with Crippen molar-refractivity contribution in [2.75, 3.05) is 13.2 Å². The normalized spacial score (nSPS) is 30.6. The number of rotatable bonds is 6. The number of cyclic esters (lactones) is 1. The van der Waals surface area contributed by atoms with Crippen LogP contribution in [-0.4, -0.2) is 74.0 Å². The van der Waals surface area contributed by atoms with Crippen LogP contribution >= 0.6 is 0 Å². The number of carbonyl (C=O) groups is 4. The van der Waals surface area contributed by atoms with E-state index < -0.39 is 74.4 Å². The maximum absolute atomic E-state index is 14.0. The highest BCUT2D eigenvalue weighted by Gasteiger charge is 2.62. The summed E-state index contributed by atoms with van der Waals surface area (Å²) in [6.07, 6.45) is 5.42. The van der Waals surface area contributed by atoms with E-state index in [1.54, 1.807) is 12.2 Å². The average Bonchev–Trinajstić information content (AvgIpc) is 4.01. The number of nitrogens with zero attached hydrogens (tertiary/aromatic N) is 1. The minimum absolute atomic E-state index is 0.0336. The largest absolute Gasteiger partial charge is 0.490 e. The molecule has 1 aliphatic heterocycles. The first-order chi connectivity index (χ1) is 24.0. The van der Waals surface area contributed by atoms with Crippen molar-refractivity contribution >= 4 is 39.4 Å². The van der Waals surface area contributed by atoms with E-state index in [1.165, 1.54) is 13.0 Å². The number of fused-ring (bicyclic) bond motifs is 6. The predicted octanol–water partition coefficient (Wildman–Crippen LogP) is 2.50. The minimum atomic E-state index is -3.88. The van der Waals surface area contributed by atoms with E-state index in [-0.39, 0.29) is 32.5 Å². The molecule has 4 aliphatic carbocycles. The molecule has 3 saturated carbocycles. The Balaban J connectivity index is 1.18. The highest BCUT2D eigenvalue weighted by Crippen LogP contribution is 2.46. The van der Waals surface area contributed by atoms with Gasteiger partial charge in [-0.25, -0.2) is 13.2 Å². The smallest absolute Gasteiger partial charge is 0.328 e. The summed E-state index contributed by atoms with van der Waals surface area (Å²) in [4.78, 5) is 59.9. The maximum Gasteiger partial charge on any atom is 0.328 e. The van der Waals surface area contributed by atoms with Gasteiger partial charge in [0.25, 0.3) is 5.91 Å². The van der Waals surface area contributed by atoms with Gasteiger partial charge in [0.05, 0.1) is 17.1 Å². The third kappa shape index (κ3) is 6.39. The van der Waals surface area contributed by atoms with Crippen LogP contribution in [-0.2, 0) is 38.8 Å². The van der Waals surface area contributed by atoms with Gasteiger partial charge in [-0.3, -0.25) is 19.1 Å². The Hall–Kier alpha value is -4.98. The van der Waals surface area contributed by atoms with Gasteiger partial charge in [0.15, 0.2) is 0 Å². The average molecular weight is 703 g/mol. The molecule has 0 spiro atoms. The van der Waals surface area contributed by atoms with E-state index in [9.17, 15) is 27.6 Å². The van der Waals surface area contributed by atoms with Crippen LogP contribution in [0.1, 0.15) is 50.2 Å². The minimum Gasteiger partial charge on any atom is -0.490 e. The number of carbonyl (C=O) groups excluding carboxylic acids is 4. The molecule has 5 aliphatic rings. The lowest BCUT2D eigenvalue weighted by Crippen LogP contribution is -2.54. The predicted molar refractivity (Wildman–Crippen MR) is 181 cm³/mol. The second-order valence-electron chi connectivity index (χ2n) is 13.4. The van der Waals surface area contributed by atoms with Gasteiger partial charge in [-0.05, 0) is 80.5 Å². The van der Waals surface area contributed by atoms with Crippen molar-refractivity contribution in [1.82, 2.24) is 15.4 Å². The maximum atomic E-state index is 14.0. The fraction of sp³-hybridized carbons (Fsp3) is 0.417. The van der Waals surface area contributed by atoms with E-state index in [2.05, 4.69) is 27.1 Å². The van der Waals surface area contributed by atoms with E-state index >= 15 is 0 Å². The summed E-state index contributed by atoms with van der Waals surface area (Å²) in [5, 5.41) is 9.39. The molecular formula is C36H38N4O9S. The second-order valence-corrected chi connectivity index (χ2v) is 15.4. The SMILES string of the molecule is C=C[C@@H]1C[C@]1(NC(=O)[C@@H]1C[C@@H]2C[C@H]1C(=O)N[C@H](C)C(=O)OC/C=C/COc1ccc3c(c1)/C(=N/O2)c1ccccc1-3)C(=O)NS(=O)(=O)C1CC1. The van der Waals surface area contributed by atoms with E-state index in [1.807, 2.05) is 42.5 Å². The fourth-order valence-corrected chi connectivity index (χ4v) is 8.30. The molecule has 1 heterocycles. The number of amides is 3. The van der Waals surface area contributed by atoms with Gasteiger partial charge in [-0.2, -0.15) is 0 Å². The molecule has 3 N–H and O–H groups in total. The van der Waals surface area contributed by atoms with Crippen LogP contribution in [0.15, 0.2) is 72.4 Å². The van der Waals surface area contributed by atoms with Crippen molar-refractivity contribution in [3.63, 3.8) is 0 Å². The summed E-state index contributed by atoms with van der Waals surface area (Å²) in [6, 6.07) is 12.4. The van der Waals surface area contributed by atoms with Crippen molar-refractivity contribution in [2.24, 2.45) is 22.9 Å². The molecule has 0 aromatic heterocycles. The van der Waals surface area contributed by atoms with Crippen LogP contribution in [0.3, 0.4) is 0 Å². The monoisotopic (exact) mass is 702 g/mol. The molecule has 14 heteroatoms. The van der Waals surface area contributed by atoms with Gasteiger partial charge in [0, 0.05) is 17.0 Å². The number of benzene rings is 2. The number of ether oxygens (including phenoxy) is 2. The summed E-state index contributed by atoms with van der Waals surface area (Å²) in [5.41, 5.74) is 2.64. The molecule has 50 heavy (non-hydrogen) atoms. The van der Waals surface area contributed by atoms with Gasteiger partial charge >= 0.3 is 5.97 Å². The molecule has 2 aromatic rings. The zero-order valence-electron chi connectivity index (χ0n) is 27.4. The zero-order valence-corrected chi connectivity index (χ0v) is 28.2. The number of hydrogen-bond acceptors (Lipinski definition) is 10. The Morgan fingerprint density at radius 1 is 1.00 bits per heavy atom. The lowest BCUT2D eigenvalue weighted by atomic mass is 9.93. The summed E-state index contributed by atoms with van der Waals surface area (Å²) in [5.74, 6) is -4.53. The first-order valence-corrected chi connectivity index (χ1v) is 18.3. The molecule has 13 nitrogen and oxygen atoms in total. The van der Waals surface area contributed by atoms with Crippen molar-refractivity contribution in [3.05, 3.63) is 78.4 Å². The van der Waals surface area contributed by atoms with Crippen LogP contribution in [0, 0.1) is 17.8 Å². The Bertz CT molecular complexity index is 1940. The number of sulfonamides is 1. The number of esters is 1. The number of oxime groups is 1. The van der Waals surface area contributed by atoms with Crippen molar-refractivity contribution in [1.29, 1.82) is 0 Å². The lowest BCUT2D eigenvalue weighted by molar-refractivity contribution is -0.147. The summed E-state index contributed by atoms with van der Waals surface area (Å²) in [7, 11) is -3.88. The first kappa shape index (κ1) is 33.5. The van der Waals surface area contributed by atoms with Gasteiger partial charge < -0.3 is 24.9 Å². The summed E-state index contributed by atoms with van der Waals surface area (Å²) >= 11 is 0.